The first-order valence-electron chi connectivity index (χ1n) is 7.60. The van der Waals surface area contributed by atoms with Crippen LogP contribution in [0.5, 0.6) is 0 Å². The summed E-state index contributed by atoms with van der Waals surface area (Å²) in [5, 5.41) is 2.37. The van der Waals surface area contributed by atoms with E-state index in [1.165, 1.54) is 31.6 Å². The zero-order valence-corrected chi connectivity index (χ0v) is 14.4. The van der Waals surface area contributed by atoms with Crippen LogP contribution in [0, 0.1) is 0 Å². The summed E-state index contributed by atoms with van der Waals surface area (Å²) in [6.45, 7) is 4.14. The number of nitrogens with zero attached hydrogens (tertiary/aromatic N) is 2. The number of hydrogen-bond donors (Lipinski definition) is 0. The van der Waals surface area contributed by atoms with Crippen molar-refractivity contribution in [1.82, 2.24) is 4.90 Å². The van der Waals surface area contributed by atoms with E-state index < -0.39 is 0 Å². The van der Waals surface area contributed by atoms with E-state index in [2.05, 4.69) is 41.3 Å². The minimum Gasteiger partial charge on any atom is -0.464 e. The topological polar surface area (TPSA) is 28.7 Å². The molecule has 1 aromatic heterocycles. The Morgan fingerprint density at radius 1 is 1.41 bits per heavy atom. The van der Waals surface area contributed by atoms with Crippen molar-refractivity contribution < 1.29 is 4.42 Å². The minimum atomic E-state index is 0.905. The molecule has 0 amide bonds. The molecule has 3 heterocycles. The van der Waals surface area contributed by atoms with Crippen molar-refractivity contribution in [2.45, 2.75) is 24.7 Å². The molecule has 1 aromatic carbocycles. The zero-order valence-electron chi connectivity index (χ0n) is 12.8. The van der Waals surface area contributed by atoms with Crippen molar-refractivity contribution >= 4 is 45.4 Å². The SMILES string of the molecule is CCCC1=C(c2cc(SC)cc3occc23)N2CCN=C2S1. The van der Waals surface area contributed by atoms with Gasteiger partial charge in [0.25, 0.3) is 0 Å². The van der Waals surface area contributed by atoms with E-state index in [0.717, 1.165) is 31.5 Å². The molecule has 0 radical (unpaired) electrons. The van der Waals surface area contributed by atoms with Crippen LogP contribution >= 0.6 is 23.5 Å². The Balaban J connectivity index is 1.93. The fourth-order valence-electron chi connectivity index (χ4n) is 3.08. The maximum absolute atomic E-state index is 5.68. The molecule has 114 valence electrons. The minimum absolute atomic E-state index is 0.905. The quantitative estimate of drug-likeness (QED) is 0.734. The van der Waals surface area contributed by atoms with Gasteiger partial charge in [-0.05, 0) is 30.9 Å². The molecule has 4 rings (SSSR count). The van der Waals surface area contributed by atoms with Crippen LogP contribution in [-0.4, -0.2) is 29.4 Å². The van der Waals surface area contributed by atoms with Crippen molar-refractivity contribution in [3.63, 3.8) is 0 Å². The maximum atomic E-state index is 5.68. The highest BCUT2D eigenvalue weighted by Gasteiger charge is 2.33. The standard InChI is InChI=1S/C17H18N2OS2/c1-3-4-15-16(19-7-6-18-17(19)22-15)13-9-11(21-2)10-14-12(13)5-8-20-14/h5,8-10H,3-4,6-7H2,1-2H3. The van der Waals surface area contributed by atoms with Gasteiger partial charge in [0.05, 0.1) is 18.5 Å². The number of benzene rings is 1. The largest absolute Gasteiger partial charge is 0.464 e. The molecule has 0 atom stereocenters. The summed E-state index contributed by atoms with van der Waals surface area (Å²) in [6.07, 6.45) is 6.17. The first-order chi connectivity index (χ1) is 10.8. The summed E-state index contributed by atoms with van der Waals surface area (Å²) in [7, 11) is 0. The first-order valence-corrected chi connectivity index (χ1v) is 9.64. The zero-order chi connectivity index (χ0) is 15.1. The molecular weight excluding hydrogens is 312 g/mol. The van der Waals surface area contributed by atoms with E-state index in [4.69, 9.17) is 4.42 Å². The van der Waals surface area contributed by atoms with Crippen LogP contribution in [0.3, 0.4) is 0 Å². The number of fused-ring (bicyclic) bond motifs is 2. The van der Waals surface area contributed by atoms with Crippen molar-refractivity contribution in [3.05, 3.63) is 34.9 Å². The summed E-state index contributed by atoms with van der Waals surface area (Å²) in [5.74, 6) is 0. The summed E-state index contributed by atoms with van der Waals surface area (Å²) in [6, 6.07) is 6.52. The second-order valence-corrected chi connectivity index (χ2v) is 7.39. The summed E-state index contributed by atoms with van der Waals surface area (Å²) < 4.78 is 5.68. The Bertz CT molecular complexity index is 791. The number of aliphatic imine (C=N–C) groups is 1. The highest BCUT2D eigenvalue weighted by Crippen LogP contribution is 2.46. The third kappa shape index (κ3) is 2.18. The Kier molecular flexibility index (Phi) is 3.70. The average Bonchev–Trinajstić information content (AvgIpc) is 3.21. The van der Waals surface area contributed by atoms with Gasteiger partial charge in [0, 0.05) is 27.3 Å². The third-order valence-electron chi connectivity index (χ3n) is 4.06. The van der Waals surface area contributed by atoms with Gasteiger partial charge in [-0.15, -0.1) is 11.8 Å². The van der Waals surface area contributed by atoms with Crippen LogP contribution < -0.4 is 0 Å². The van der Waals surface area contributed by atoms with Crippen LogP contribution in [0.4, 0.5) is 0 Å². The van der Waals surface area contributed by atoms with Gasteiger partial charge < -0.3 is 9.32 Å². The molecule has 0 aliphatic carbocycles. The number of hydrogen-bond acceptors (Lipinski definition) is 5. The molecule has 0 saturated carbocycles. The van der Waals surface area contributed by atoms with Crippen LogP contribution in [0.25, 0.3) is 16.7 Å². The van der Waals surface area contributed by atoms with Crippen molar-refractivity contribution in [1.29, 1.82) is 0 Å². The predicted octanol–water partition coefficient (Wildman–Crippen LogP) is 5.04. The van der Waals surface area contributed by atoms with Gasteiger partial charge in [0.2, 0.25) is 0 Å². The van der Waals surface area contributed by atoms with E-state index in [1.807, 2.05) is 11.8 Å². The monoisotopic (exact) mass is 330 g/mol. The maximum Gasteiger partial charge on any atom is 0.168 e. The van der Waals surface area contributed by atoms with E-state index in [1.54, 1.807) is 18.0 Å². The first kappa shape index (κ1) is 14.3. The Labute approximate surface area is 138 Å². The van der Waals surface area contributed by atoms with Crippen molar-refractivity contribution in [3.8, 4) is 0 Å². The lowest BCUT2D eigenvalue weighted by Gasteiger charge is -2.18. The van der Waals surface area contributed by atoms with Gasteiger partial charge in [0.1, 0.15) is 5.58 Å². The summed E-state index contributed by atoms with van der Waals surface area (Å²) in [5.41, 5.74) is 3.61. The number of thioether (sulfide) groups is 2. The molecule has 5 heteroatoms. The Hall–Kier alpha value is -1.33. The van der Waals surface area contributed by atoms with Gasteiger partial charge in [-0.25, -0.2) is 0 Å². The molecule has 2 aliphatic rings. The smallest absolute Gasteiger partial charge is 0.168 e. The molecule has 0 N–H and O–H groups in total. The third-order valence-corrected chi connectivity index (χ3v) is 5.95. The lowest BCUT2D eigenvalue weighted by Crippen LogP contribution is -2.20. The highest BCUT2D eigenvalue weighted by atomic mass is 32.2. The molecular formula is C17H18N2OS2. The fourth-order valence-corrected chi connectivity index (χ4v) is 4.84. The molecule has 2 aliphatic heterocycles. The Morgan fingerprint density at radius 3 is 3.14 bits per heavy atom. The van der Waals surface area contributed by atoms with Crippen molar-refractivity contribution in [2.75, 3.05) is 19.3 Å². The highest BCUT2D eigenvalue weighted by molar-refractivity contribution is 8.17. The average molecular weight is 330 g/mol. The molecule has 22 heavy (non-hydrogen) atoms. The van der Waals surface area contributed by atoms with E-state index >= 15 is 0 Å². The molecule has 0 fully saturated rings. The number of rotatable bonds is 4. The molecule has 0 saturated heterocycles. The van der Waals surface area contributed by atoms with Crippen LogP contribution in [-0.2, 0) is 0 Å². The van der Waals surface area contributed by atoms with Crippen LogP contribution in [0.15, 0.2) is 43.7 Å². The molecule has 3 nitrogen and oxygen atoms in total. The Morgan fingerprint density at radius 2 is 2.32 bits per heavy atom. The number of amidine groups is 1. The second kappa shape index (κ2) is 5.70. The van der Waals surface area contributed by atoms with Crippen molar-refractivity contribution in [2.24, 2.45) is 4.99 Å². The van der Waals surface area contributed by atoms with E-state index in [0.29, 0.717) is 0 Å². The number of allylic oxidation sites excluding steroid dienone is 1. The summed E-state index contributed by atoms with van der Waals surface area (Å²) >= 11 is 3.61. The normalized spacial score (nSPS) is 17.5. The predicted molar refractivity (Wildman–Crippen MR) is 96.4 cm³/mol. The van der Waals surface area contributed by atoms with Gasteiger partial charge in [-0.3, -0.25) is 4.99 Å². The van der Waals surface area contributed by atoms with Gasteiger partial charge in [-0.2, -0.15) is 0 Å². The van der Waals surface area contributed by atoms with Gasteiger partial charge in [0.15, 0.2) is 5.17 Å². The van der Waals surface area contributed by atoms with Gasteiger partial charge >= 0.3 is 0 Å². The molecule has 2 aromatic rings. The molecule has 0 spiro atoms. The van der Waals surface area contributed by atoms with E-state index in [9.17, 15) is 0 Å². The molecule has 0 bridgehead atoms. The lowest BCUT2D eigenvalue weighted by molar-refractivity contribution is 0.614. The van der Waals surface area contributed by atoms with Gasteiger partial charge in [-0.1, -0.05) is 25.1 Å². The lowest BCUT2D eigenvalue weighted by atomic mass is 10.0. The second-order valence-electron chi connectivity index (χ2n) is 5.45. The summed E-state index contributed by atoms with van der Waals surface area (Å²) in [4.78, 5) is 9.73. The van der Waals surface area contributed by atoms with E-state index in [-0.39, 0.29) is 0 Å². The fraction of sp³-hybridized carbons (Fsp3) is 0.353. The molecule has 0 unspecified atom stereocenters. The van der Waals surface area contributed by atoms with Crippen LogP contribution in [0.1, 0.15) is 25.3 Å². The van der Waals surface area contributed by atoms with Crippen LogP contribution in [0.2, 0.25) is 0 Å². The number of furan rings is 1.